The van der Waals surface area contributed by atoms with E-state index in [9.17, 15) is 19.5 Å². The largest absolute Gasteiger partial charge is 0.698 e. The molecule has 0 amide bonds. The number of hydrogen-bond acceptors (Lipinski definition) is 7. The van der Waals surface area contributed by atoms with Gasteiger partial charge in [-0.1, -0.05) is 56.5 Å². The van der Waals surface area contributed by atoms with Gasteiger partial charge in [-0.2, -0.15) is 0 Å². The molecule has 0 saturated carbocycles. The summed E-state index contributed by atoms with van der Waals surface area (Å²) in [5.74, 6) is 0.496. The zero-order valence-electron chi connectivity index (χ0n) is 27.3. The topological polar surface area (TPSA) is 99.1 Å². The summed E-state index contributed by atoms with van der Waals surface area (Å²) in [4.78, 5) is 35.5. The molecule has 0 atom stereocenters. The SMILES string of the molecule is CCCCCCc1ccc(-c2ccc(O)cc2CCC[Si](OC(C)=CC(C)=O)(OC(C)=CC(C)=O)OC(C)=CC(C)=O)cc1. The minimum absolute atomic E-state index is 0.171. The van der Waals surface area contributed by atoms with Gasteiger partial charge in [-0.25, -0.2) is 0 Å². The van der Waals surface area contributed by atoms with Crippen LogP contribution in [-0.4, -0.2) is 31.3 Å². The molecule has 1 N–H and O–H groups in total. The van der Waals surface area contributed by atoms with E-state index in [4.69, 9.17) is 13.3 Å². The van der Waals surface area contributed by atoms with Gasteiger partial charge in [-0.05, 0) is 102 Å². The fourth-order valence-electron chi connectivity index (χ4n) is 5.07. The Hall–Kier alpha value is -3.91. The van der Waals surface area contributed by atoms with Gasteiger partial charge in [-0.3, -0.25) is 14.4 Å². The van der Waals surface area contributed by atoms with E-state index in [0.717, 1.165) is 23.1 Å². The van der Waals surface area contributed by atoms with Crippen molar-refractivity contribution < 1.29 is 32.8 Å². The molecule has 0 spiro atoms. The first kappa shape index (κ1) is 36.3. The van der Waals surface area contributed by atoms with Gasteiger partial charge in [0.25, 0.3) is 0 Å². The quantitative estimate of drug-likeness (QED) is 0.0727. The van der Waals surface area contributed by atoms with Crippen molar-refractivity contribution in [3.8, 4) is 16.9 Å². The number of rotatable bonds is 19. The highest BCUT2D eigenvalue weighted by Crippen LogP contribution is 2.32. The van der Waals surface area contributed by atoms with E-state index < -0.39 is 8.80 Å². The molecule has 0 aliphatic heterocycles. The lowest BCUT2D eigenvalue weighted by atomic mass is 9.95. The molecule has 0 saturated heterocycles. The molecule has 0 radical (unpaired) electrons. The maximum absolute atomic E-state index is 11.8. The number of allylic oxidation sites excluding steroid dienone is 6. The molecule has 44 heavy (non-hydrogen) atoms. The summed E-state index contributed by atoms with van der Waals surface area (Å²) in [6.45, 7) is 11.4. The van der Waals surface area contributed by atoms with Crippen LogP contribution in [0.15, 0.2) is 78.0 Å². The van der Waals surface area contributed by atoms with Crippen LogP contribution in [0.1, 0.15) is 91.7 Å². The Morgan fingerprint density at radius 1 is 0.682 bits per heavy atom. The fourth-order valence-corrected chi connectivity index (χ4v) is 7.76. The second-order valence-corrected chi connectivity index (χ2v) is 13.8. The van der Waals surface area contributed by atoms with E-state index in [0.29, 0.717) is 36.2 Å². The third kappa shape index (κ3) is 13.2. The molecule has 0 bridgehead atoms. The molecule has 0 fully saturated rings. The van der Waals surface area contributed by atoms with Crippen LogP contribution in [0, 0.1) is 0 Å². The molecular weight excluding hydrogens is 572 g/mol. The van der Waals surface area contributed by atoms with E-state index in [-0.39, 0.29) is 23.1 Å². The van der Waals surface area contributed by atoms with Gasteiger partial charge >= 0.3 is 8.80 Å². The van der Waals surface area contributed by atoms with Gasteiger partial charge in [0.2, 0.25) is 0 Å². The third-order valence-electron chi connectivity index (χ3n) is 6.77. The van der Waals surface area contributed by atoms with E-state index in [1.54, 1.807) is 32.9 Å². The molecule has 0 unspecified atom stereocenters. The number of phenolic OH excluding ortho intramolecular Hbond substituents is 1. The summed E-state index contributed by atoms with van der Waals surface area (Å²) in [7, 11) is -3.70. The number of aryl methyl sites for hydroxylation is 2. The van der Waals surface area contributed by atoms with Crippen molar-refractivity contribution in [2.45, 2.75) is 99.5 Å². The molecule has 8 heteroatoms. The van der Waals surface area contributed by atoms with E-state index >= 15 is 0 Å². The Balaban J connectivity index is 2.40. The average Bonchev–Trinajstić information content (AvgIpc) is 2.90. The molecule has 2 aromatic carbocycles. The standard InChI is InChI=1S/C36H48O7Si/c1-8-9-10-11-13-32-15-17-33(18-16-32)36-20-19-35(40)25-34(36)14-12-21-44(41-29(5)22-26(2)37,42-30(6)23-27(3)38)43-31(7)24-28(4)39/h15-20,22-25,40H,8-14,21H2,1-7H3. The van der Waals surface area contributed by atoms with Crippen molar-refractivity contribution in [1.29, 1.82) is 0 Å². The minimum Gasteiger partial charge on any atom is -0.508 e. The lowest BCUT2D eigenvalue weighted by Gasteiger charge is -2.31. The Kier molecular flexibility index (Phi) is 14.9. The van der Waals surface area contributed by atoms with Crippen LogP contribution in [0.25, 0.3) is 11.1 Å². The van der Waals surface area contributed by atoms with E-state index in [1.807, 2.05) is 6.07 Å². The van der Waals surface area contributed by atoms with E-state index in [2.05, 4.69) is 31.2 Å². The van der Waals surface area contributed by atoms with Crippen LogP contribution < -0.4 is 0 Å². The number of phenols is 1. The molecule has 238 valence electrons. The number of carbonyl (C=O) groups excluding carboxylic acids is 3. The molecule has 2 aromatic rings. The lowest BCUT2D eigenvalue weighted by molar-refractivity contribution is -0.113. The monoisotopic (exact) mass is 620 g/mol. The predicted octanol–water partition coefficient (Wildman–Crippen LogP) is 8.58. The highest BCUT2D eigenvalue weighted by Gasteiger charge is 2.49. The minimum atomic E-state index is -3.70. The van der Waals surface area contributed by atoms with Crippen molar-refractivity contribution in [3.63, 3.8) is 0 Å². The van der Waals surface area contributed by atoms with Gasteiger partial charge in [-0.15, -0.1) is 0 Å². The number of unbranched alkanes of at least 4 members (excludes halogenated alkanes) is 3. The van der Waals surface area contributed by atoms with Gasteiger partial charge in [0.15, 0.2) is 17.3 Å². The first-order chi connectivity index (χ1) is 20.8. The first-order valence-electron chi connectivity index (χ1n) is 15.4. The zero-order chi connectivity index (χ0) is 32.7. The molecule has 0 aromatic heterocycles. The highest BCUT2D eigenvalue weighted by atomic mass is 28.4. The number of ketones is 3. The molecule has 7 nitrogen and oxygen atoms in total. The fraction of sp³-hybridized carbons (Fsp3) is 0.417. The highest BCUT2D eigenvalue weighted by molar-refractivity contribution is 6.61. The Morgan fingerprint density at radius 2 is 1.20 bits per heavy atom. The zero-order valence-corrected chi connectivity index (χ0v) is 28.3. The summed E-state index contributed by atoms with van der Waals surface area (Å²) in [5, 5.41) is 10.4. The summed E-state index contributed by atoms with van der Waals surface area (Å²) in [6, 6.07) is 14.3. The maximum atomic E-state index is 11.8. The normalized spacial score (nSPS) is 13.7. The second kappa shape index (κ2) is 18.0. The number of carbonyl (C=O) groups is 3. The van der Waals surface area contributed by atoms with Gasteiger partial charge < -0.3 is 18.4 Å². The van der Waals surface area contributed by atoms with Gasteiger partial charge in [0, 0.05) is 18.2 Å². The Morgan fingerprint density at radius 3 is 1.68 bits per heavy atom. The average molecular weight is 621 g/mol. The van der Waals surface area contributed by atoms with Crippen LogP contribution in [0.5, 0.6) is 5.75 Å². The third-order valence-corrected chi connectivity index (χ3v) is 9.64. The second-order valence-electron chi connectivity index (χ2n) is 11.3. The number of hydrogen-bond donors (Lipinski definition) is 1. The van der Waals surface area contributed by atoms with Crippen molar-refractivity contribution in [2.24, 2.45) is 0 Å². The van der Waals surface area contributed by atoms with Crippen molar-refractivity contribution in [1.82, 2.24) is 0 Å². The van der Waals surface area contributed by atoms with Crippen LogP contribution in [0.4, 0.5) is 0 Å². The van der Waals surface area contributed by atoms with Crippen LogP contribution in [0.2, 0.25) is 6.04 Å². The Labute approximate surface area is 264 Å². The van der Waals surface area contributed by atoms with Crippen molar-refractivity contribution in [2.75, 3.05) is 0 Å². The summed E-state index contributed by atoms with van der Waals surface area (Å²) < 4.78 is 18.8. The van der Waals surface area contributed by atoms with Crippen LogP contribution in [0.3, 0.4) is 0 Å². The summed E-state index contributed by atoms with van der Waals surface area (Å²) in [6.07, 6.45) is 11.1. The van der Waals surface area contributed by atoms with E-state index in [1.165, 1.54) is 70.2 Å². The van der Waals surface area contributed by atoms with Gasteiger partial charge in [0.1, 0.15) is 5.75 Å². The lowest BCUT2D eigenvalue weighted by Crippen LogP contribution is -2.44. The summed E-state index contributed by atoms with van der Waals surface area (Å²) in [5.41, 5.74) is 4.34. The molecule has 2 rings (SSSR count). The summed E-state index contributed by atoms with van der Waals surface area (Å²) >= 11 is 0. The molecule has 0 aliphatic carbocycles. The van der Waals surface area contributed by atoms with Gasteiger partial charge in [0.05, 0.1) is 23.3 Å². The number of benzene rings is 2. The number of aromatic hydroxyl groups is 1. The predicted molar refractivity (Wildman–Crippen MR) is 177 cm³/mol. The van der Waals surface area contributed by atoms with Crippen molar-refractivity contribution >= 4 is 26.2 Å². The van der Waals surface area contributed by atoms with Crippen LogP contribution >= 0.6 is 0 Å². The van der Waals surface area contributed by atoms with Crippen LogP contribution in [-0.2, 0) is 40.5 Å². The molecule has 0 heterocycles. The molecular formula is C36H48O7Si. The maximum Gasteiger partial charge on any atom is 0.698 e. The molecule has 0 aliphatic rings. The first-order valence-corrected chi connectivity index (χ1v) is 17.3. The smallest absolute Gasteiger partial charge is 0.508 e. The Bertz CT molecular complexity index is 1290. The van der Waals surface area contributed by atoms with Crippen molar-refractivity contribution in [3.05, 3.63) is 89.1 Å².